The zero-order valence-corrected chi connectivity index (χ0v) is 12.9. The maximum absolute atomic E-state index is 13.1. The molecule has 2 unspecified atom stereocenters. The van der Waals surface area contributed by atoms with E-state index in [2.05, 4.69) is 38.8 Å². The van der Waals surface area contributed by atoms with E-state index in [1.54, 1.807) is 0 Å². The van der Waals surface area contributed by atoms with Gasteiger partial charge in [-0.05, 0) is 37.5 Å². The Bertz CT molecular complexity index is 410. The first kappa shape index (κ1) is 13.5. The summed E-state index contributed by atoms with van der Waals surface area (Å²) in [4.78, 5) is 0. The number of halogens is 3. The minimum atomic E-state index is -0.204. The predicted octanol–water partition coefficient (Wildman–Crippen LogP) is 4.32. The summed E-state index contributed by atoms with van der Waals surface area (Å²) in [5.74, 6) is -0.204. The van der Waals surface area contributed by atoms with Crippen LogP contribution in [-0.2, 0) is 11.2 Å². The molecule has 2 atom stereocenters. The molecule has 1 fully saturated rings. The van der Waals surface area contributed by atoms with Gasteiger partial charge in [-0.25, -0.2) is 4.39 Å². The molecule has 1 aliphatic rings. The number of hydrogen-bond donors (Lipinski definition) is 0. The first-order chi connectivity index (χ1) is 8.07. The lowest BCUT2D eigenvalue weighted by atomic mass is 9.78. The van der Waals surface area contributed by atoms with Gasteiger partial charge in [0.1, 0.15) is 5.82 Å². The zero-order valence-electron chi connectivity index (χ0n) is 9.68. The summed E-state index contributed by atoms with van der Waals surface area (Å²) in [5.41, 5.74) is 1.27. The molecular weight excluding hydrogens is 351 g/mol. The van der Waals surface area contributed by atoms with Crippen LogP contribution in [0.25, 0.3) is 0 Å². The largest absolute Gasteiger partial charge is 0.378 e. The van der Waals surface area contributed by atoms with Gasteiger partial charge in [0, 0.05) is 21.8 Å². The van der Waals surface area contributed by atoms with Gasteiger partial charge in [-0.15, -0.1) is 0 Å². The molecule has 0 aromatic heterocycles. The fourth-order valence-corrected chi connectivity index (χ4v) is 3.74. The molecule has 17 heavy (non-hydrogen) atoms. The molecule has 0 aliphatic carbocycles. The molecule has 1 nitrogen and oxygen atoms in total. The van der Waals surface area contributed by atoms with Crippen molar-refractivity contribution in [1.82, 2.24) is 0 Å². The van der Waals surface area contributed by atoms with Crippen LogP contribution in [0.4, 0.5) is 4.39 Å². The molecule has 1 aliphatic heterocycles. The van der Waals surface area contributed by atoms with Crippen LogP contribution in [0, 0.1) is 11.2 Å². The molecule has 1 aromatic carbocycles. The highest BCUT2D eigenvalue weighted by Crippen LogP contribution is 2.41. The van der Waals surface area contributed by atoms with Gasteiger partial charge in [-0.1, -0.05) is 37.9 Å². The van der Waals surface area contributed by atoms with E-state index in [-0.39, 0.29) is 17.3 Å². The molecule has 0 N–H and O–H groups in total. The number of ether oxygens (including phenoxy) is 1. The first-order valence-electron chi connectivity index (χ1n) is 5.69. The second-order valence-corrected chi connectivity index (χ2v) is 6.09. The average Bonchev–Trinajstić information content (AvgIpc) is 2.65. The molecule has 4 heteroatoms. The second-order valence-electron chi connectivity index (χ2n) is 4.67. The summed E-state index contributed by atoms with van der Waals surface area (Å²) in [7, 11) is 0. The molecule has 1 heterocycles. The van der Waals surface area contributed by atoms with E-state index in [4.69, 9.17) is 4.74 Å². The maximum Gasteiger partial charge on any atom is 0.124 e. The van der Waals surface area contributed by atoms with E-state index in [0.29, 0.717) is 0 Å². The summed E-state index contributed by atoms with van der Waals surface area (Å²) < 4.78 is 19.6. The number of rotatable bonds is 3. The van der Waals surface area contributed by atoms with Gasteiger partial charge in [-0.2, -0.15) is 0 Å². The van der Waals surface area contributed by atoms with Crippen molar-refractivity contribution in [3.8, 4) is 0 Å². The van der Waals surface area contributed by atoms with Gasteiger partial charge >= 0.3 is 0 Å². The normalized spacial score (nSPS) is 28.6. The van der Waals surface area contributed by atoms with E-state index in [1.807, 2.05) is 6.07 Å². The smallest absolute Gasteiger partial charge is 0.124 e. The monoisotopic (exact) mass is 364 g/mol. The lowest BCUT2D eigenvalue weighted by molar-refractivity contribution is 0.0745. The zero-order chi connectivity index (χ0) is 12.5. The molecule has 1 aromatic rings. The van der Waals surface area contributed by atoms with Crippen molar-refractivity contribution in [2.24, 2.45) is 5.41 Å². The minimum absolute atomic E-state index is 0.125. The molecule has 0 spiro atoms. The Labute approximate surface area is 118 Å². The van der Waals surface area contributed by atoms with Crippen LogP contribution in [0.1, 0.15) is 18.9 Å². The van der Waals surface area contributed by atoms with E-state index in [0.717, 1.165) is 34.8 Å². The maximum atomic E-state index is 13.1. The Morgan fingerprint density at radius 2 is 2.29 bits per heavy atom. The van der Waals surface area contributed by atoms with Gasteiger partial charge in [-0.3, -0.25) is 0 Å². The van der Waals surface area contributed by atoms with Crippen LogP contribution >= 0.6 is 31.9 Å². The third-order valence-corrected chi connectivity index (χ3v) is 5.51. The van der Waals surface area contributed by atoms with Crippen molar-refractivity contribution in [3.05, 3.63) is 34.1 Å². The Kier molecular flexibility index (Phi) is 4.26. The number of hydrogen-bond acceptors (Lipinski definition) is 1. The quantitative estimate of drug-likeness (QED) is 0.725. The third-order valence-electron chi connectivity index (χ3n) is 3.65. The summed E-state index contributed by atoms with van der Waals surface area (Å²) in [6, 6.07) is 4.90. The highest BCUT2D eigenvalue weighted by atomic mass is 79.9. The minimum Gasteiger partial charge on any atom is -0.378 e. The van der Waals surface area contributed by atoms with Crippen LogP contribution < -0.4 is 0 Å². The third kappa shape index (κ3) is 2.74. The van der Waals surface area contributed by atoms with Gasteiger partial charge in [0.25, 0.3) is 0 Å². The van der Waals surface area contributed by atoms with E-state index in [9.17, 15) is 4.39 Å². The Morgan fingerprint density at radius 3 is 2.82 bits per heavy atom. The first-order valence-corrected chi connectivity index (χ1v) is 7.60. The highest BCUT2D eigenvalue weighted by Gasteiger charge is 2.40. The molecule has 2 rings (SSSR count). The Morgan fingerprint density at radius 1 is 1.53 bits per heavy atom. The summed E-state index contributed by atoms with van der Waals surface area (Å²) >= 11 is 7.03. The molecule has 1 saturated heterocycles. The van der Waals surface area contributed by atoms with Gasteiger partial charge in [0.05, 0.1) is 6.10 Å². The lowest BCUT2D eigenvalue weighted by Crippen LogP contribution is -2.33. The number of benzene rings is 1. The average molecular weight is 366 g/mol. The molecule has 0 saturated carbocycles. The molecule has 94 valence electrons. The van der Waals surface area contributed by atoms with Gasteiger partial charge < -0.3 is 4.74 Å². The molecule has 0 bridgehead atoms. The highest BCUT2D eigenvalue weighted by molar-refractivity contribution is 9.10. The fourth-order valence-electron chi connectivity index (χ4n) is 2.32. The van der Waals surface area contributed by atoms with Crippen molar-refractivity contribution in [2.75, 3.05) is 11.9 Å². The van der Waals surface area contributed by atoms with E-state index < -0.39 is 0 Å². The Hall–Kier alpha value is 0.0700. The Balaban J connectivity index is 2.24. The van der Waals surface area contributed by atoms with Crippen LogP contribution in [0.2, 0.25) is 0 Å². The van der Waals surface area contributed by atoms with E-state index in [1.165, 1.54) is 12.1 Å². The van der Waals surface area contributed by atoms with Gasteiger partial charge in [0.15, 0.2) is 0 Å². The summed E-state index contributed by atoms with van der Waals surface area (Å²) in [6.45, 7) is 2.93. The van der Waals surface area contributed by atoms with Crippen LogP contribution in [-0.4, -0.2) is 18.0 Å². The van der Waals surface area contributed by atoms with Crippen LogP contribution in [0.3, 0.4) is 0 Å². The standard InChI is InChI=1S/C13H15Br2FO/c1-9-13(8-14,4-5-17-9)7-10-2-3-11(16)6-12(10)15/h2-3,6,9H,4-5,7-8H2,1H3. The fraction of sp³-hybridized carbons (Fsp3) is 0.538. The van der Waals surface area contributed by atoms with E-state index >= 15 is 0 Å². The van der Waals surface area contributed by atoms with Gasteiger partial charge in [0.2, 0.25) is 0 Å². The molecular formula is C13H15Br2FO. The summed E-state index contributed by atoms with van der Waals surface area (Å²) in [6.07, 6.45) is 2.18. The predicted molar refractivity (Wildman–Crippen MR) is 74.1 cm³/mol. The number of alkyl halides is 1. The molecule has 0 amide bonds. The second kappa shape index (κ2) is 5.37. The van der Waals surface area contributed by atoms with Crippen molar-refractivity contribution in [1.29, 1.82) is 0 Å². The topological polar surface area (TPSA) is 9.23 Å². The SMILES string of the molecule is CC1OCCC1(CBr)Cc1ccc(F)cc1Br. The van der Waals surface area contributed by atoms with Crippen LogP contribution in [0.15, 0.2) is 22.7 Å². The van der Waals surface area contributed by atoms with Crippen LogP contribution in [0.5, 0.6) is 0 Å². The van der Waals surface area contributed by atoms with Crippen molar-refractivity contribution in [2.45, 2.75) is 25.9 Å². The molecule has 0 radical (unpaired) electrons. The van der Waals surface area contributed by atoms with Crippen molar-refractivity contribution >= 4 is 31.9 Å². The lowest BCUT2D eigenvalue weighted by Gasteiger charge is -2.30. The van der Waals surface area contributed by atoms with Crippen molar-refractivity contribution < 1.29 is 9.13 Å². The van der Waals surface area contributed by atoms with Crippen molar-refractivity contribution in [3.63, 3.8) is 0 Å². The summed E-state index contributed by atoms with van der Waals surface area (Å²) in [5, 5.41) is 0.908.